The highest BCUT2D eigenvalue weighted by atomic mass is 31.2. The number of aliphatic hydroxyl groups is 1. The zero-order valence-electron chi connectivity index (χ0n) is 43.2. The maximum atomic E-state index is 12.9. The minimum Gasteiger partial charge on any atom is -0.756 e. The van der Waals surface area contributed by atoms with Crippen LogP contribution in [0.1, 0.15) is 239 Å². The first-order valence-electron chi connectivity index (χ1n) is 27.2. The molecule has 0 aromatic heterocycles. The van der Waals surface area contributed by atoms with Gasteiger partial charge in [-0.1, -0.05) is 216 Å². The second kappa shape index (κ2) is 47.3. The number of nitrogens with zero attached hydrogens (tertiary/aromatic N) is 1. The monoisotopic (exact) mass is 933 g/mol. The number of nitrogens with one attached hydrogen (secondary N) is 1. The highest BCUT2D eigenvalue weighted by molar-refractivity contribution is 7.45. The fourth-order valence-electron chi connectivity index (χ4n) is 7.63. The Hall–Kier alpha value is -1.80. The first-order valence-corrected chi connectivity index (χ1v) is 28.6. The number of rotatable bonds is 49. The van der Waals surface area contributed by atoms with Crippen LogP contribution >= 0.6 is 7.82 Å². The summed E-state index contributed by atoms with van der Waals surface area (Å²) in [7, 11) is 1.23. The van der Waals surface area contributed by atoms with Crippen molar-refractivity contribution in [3.8, 4) is 0 Å². The largest absolute Gasteiger partial charge is 0.756 e. The number of phosphoric acid groups is 1. The van der Waals surface area contributed by atoms with Crippen molar-refractivity contribution >= 4 is 13.7 Å². The van der Waals surface area contributed by atoms with Crippen LogP contribution in [0.2, 0.25) is 0 Å². The average molecular weight is 933 g/mol. The second-order valence-corrected chi connectivity index (χ2v) is 21.0. The van der Waals surface area contributed by atoms with Crippen LogP contribution in [0.3, 0.4) is 0 Å². The predicted octanol–water partition coefficient (Wildman–Crippen LogP) is 15.5. The lowest BCUT2D eigenvalue weighted by Crippen LogP contribution is -2.45. The summed E-state index contributed by atoms with van der Waals surface area (Å²) in [5, 5.41) is 13.8. The molecule has 0 bridgehead atoms. The molecular formula is C56H105N2O6P. The fourth-order valence-corrected chi connectivity index (χ4v) is 8.35. The zero-order valence-corrected chi connectivity index (χ0v) is 44.1. The third-order valence-electron chi connectivity index (χ3n) is 11.9. The van der Waals surface area contributed by atoms with E-state index in [1.54, 1.807) is 6.08 Å². The van der Waals surface area contributed by atoms with Gasteiger partial charge in [0, 0.05) is 6.42 Å². The number of aliphatic hydroxyl groups excluding tert-OH is 1. The van der Waals surface area contributed by atoms with E-state index < -0.39 is 26.6 Å². The topological polar surface area (TPSA) is 108 Å². The summed E-state index contributed by atoms with van der Waals surface area (Å²) in [6.07, 6.45) is 62.9. The summed E-state index contributed by atoms with van der Waals surface area (Å²) in [6, 6.07) is -0.916. The molecule has 3 unspecified atom stereocenters. The van der Waals surface area contributed by atoms with Crippen LogP contribution in [-0.4, -0.2) is 68.5 Å². The van der Waals surface area contributed by atoms with Gasteiger partial charge in [-0.15, -0.1) is 0 Å². The van der Waals surface area contributed by atoms with Gasteiger partial charge in [0.05, 0.1) is 39.9 Å². The van der Waals surface area contributed by atoms with E-state index in [0.717, 1.165) is 64.2 Å². The van der Waals surface area contributed by atoms with Crippen molar-refractivity contribution in [3.05, 3.63) is 60.8 Å². The Bertz CT molecular complexity index is 1240. The quantitative estimate of drug-likeness (QED) is 0.0272. The first-order chi connectivity index (χ1) is 31.5. The Kier molecular flexibility index (Phi) is 46.0. The third kappa shape index (κ3) is 49.9. The number of carbonyl (C=O) groups excluding carboxylic acids is 1. The summed E-state index contributed by atoms with van der Waals surface area (Å²) in [4.78, 5) is 25.4. The molecule has 0 aromatic carbocycles. The van der Waals surface area contributed by atoms with Crippen molar-refractivity contribution in [2.75, 3.05) is 40.9 Å². The Morgan fingerprint density at radius 1 is 0.538 bits per heavy atom. The molecule has 0 saturated heterocycles. The van der Waals surface area contributed by atoms with Crippen molar-refractivity contribution in [1.29, 1.82) is 0 Å². The van der Waals surface area contributed by atoms with E-state index in [0.29, 0.717) is 17.4 Å². The summed E-state index contributed by atoms with van der Waals surface area (Å²) in [5.74, 6) is -0.219. The molecule has 0 aliphatic carbocycles. The first kappa shape index (κ1) is 63.2. The molecule has 65 heavy (non-hydrogen) atoms. The van der Waals surface area contributed by atoms with E-state index >= 15 is 0 Å². The van der Waals surface area contributed by atoms with Crippen LogP contribution in [0.5, 0.6) is 0 Å². The number of amides is 1. The Morgan fingerprint density at radius 2 is 0.908 bits per heavy atom. The fraction of sp³-hybridized carbons (Fsp3) is 0.804. The highest BCUT2D eigenvalue weighted by Crippen LogP contribution is 2.38. The van der Waals surface area contributed by atoms with Crippen molar-refractivity contribution in [1.82, 2.24) is 5.32 Å². The summed E-state index contributed by atoms with van der Waals surface area (Å²) in [5.41, 5.74) is 0. The van der Waals surface area contributed by atoms with Gasteiger partial charge in [-0.2, -0.15) is 0 Å². The molecule has 0 radical (unpaired) electrons. The van der Waals surface area contributed by atoms with Gasteiger partial charge in [-0.25, -0.2) is 0 Å². The van der Waals surface area contributed by atoms with Gasteiger partial charge in [0.2, 0.25) is 5.91 Å². The highest BCUT2D eigenvalue weighted by Gasteiger charge is 2.23. The van der Waals surface area contributed by atoms with Crippen LogP contribution in [0.15, 0.2) is 60.8 Å². The third-order valence-corrected chi connectivity index (χ3v) is 12.9. The number of hydrogen-bond donors (Lipinski definition) is 2. The van der Waals surface area contributed by atoms with Crippen molar-refractivity contribution in [3.63, 3.8) is 0 Å². The van der Waals surface area contributed by atoms with Gasteiger partial charge < -0.3 is 28.8 Å². The lowest BCUT2D eigenvalue weighted by atomic mass is 10.1. The number of allylic oxidation sites excluding steroid dienone is 9. The molecule has 8 nitrogen and oxygen atoms in total. The van der Waals surface area contributed by atoms with Gasteiger partial charge in [0.1, 0.15) is 13.2 Å². The van der Waals surface area contributed by atoms with E-state index in [-0.39, 0.29) is 12.5 Å². The number of phosphoric ester groups is 1. The molecule has 0 spiro atoms. The second-order valence-electron chi connectivity index (χ2n) is 19.6. The normalized spacial score (nSPS) is 14.5. The number of quaternary nitrogens is 1. The van der Waals surface area contributed by atoms with Gasteiger partial charge in [-0.3, -0.25) is 9.36 Å². The van der Waals surface area contributed by atoms with E-state index in [4.69, 9.17) is 9.05 Å². The molecule has 380 valence electrons. The van der Waals surface area contributed by atoms with E-state index in [2.05, 4.69) is 67.8 Å². The maximum absolute atomic E-state index is 12.9. The number of likely N-dealkylation sites (N-methyl/N-ethyl adjacent to an activating group) is 1. The van der Waals surface area contributed by atoms with Crippen LogP contribution in [-0.2, 0) is 18.4 Å². The Balaban J connectivity index is 4.36. The molecule has 0 rings (SSSR count). The maximum Gasteiger partial charge on any atom is 0.268 e. The van der Waals surface area contributed by atoms with E-state index in [1.165, 1.54) is 154 Å². The summed E-state index contributed by atoms with van der Waals surface area (Å²) < 4.78 is 23.3. The van der Waals surface area contributed by atoms with E-state index in [1.807, 2.05) is 27.2 Å². The van der Waals surface area contributed by atoms with Gasteiger partial charge in [0.25, 0.3) is 7.82 Å². The molecule has 0 saturated carbocycles. The van der Waals surface area contributed by atoms with Crippen molar-refractivity contribution in [2.24, 2.45) is 0 Å². The molecule has 1 amide bonds. The SMILES string of the molecule is CCCCCCCCCCC/C=C\C/C=C\CCCCCCCCCC(=O)NC(COP(=O)([O-])OCC[N+](C)(C)C)C(O)/C=C/CC/C=C/CC/C=C/CCCCCCCCCCCC. The summed E-state index contributed by atoms with van der Waals surface area (Å²) >= 11 is 0. The zero-order chi connectivity index (χ0) is 47.8. The predicted molar refractivity (Wildman–Crippen MR) is 279 cm³/mol. The lowest BCUT2D eigenvalue weighted by Gasteiger charge is -2.29. The molecule has 0 fully saturated rings. The van der Waals surface area contributed by atoms with Gasteiger partial charge >= 0.3 is 0 Å². The van der Waals surface area contributed by atoms with Crippen molar-refractivity contribution in [2.45, 2.75) is 251 Å². The number of unbranched alkanes of at least 4 members (excludes halogenated alkanes) is 28. The number of carbonyl (C=O) groups is 1. The molecule has 0 aliphatic rings. The van der Waals surface area contributed by atoms with Crippen LogP contribution in [0, 0.1) is 0 Å². The average Bonchev–Trinajstić information content (AvgIpc) is 3.26. The standard InChI is InChI=1S/C56H105N2O6P/c1-6-8-10-12-14-16-18-20-22-24-26-28-29-30-32-34-36-38-40-42-44-46-48-50-56(60)57-54(53-64-65(61,62)63-52-51-58(3,4)5)55(59)49-47-45-43-41-39-37-35-33-31-27-25-23-21-19-17-15-13-11-9-7-2/h26,28,30-33,39,41,47,49,54-55,59H,6-25,27,29,34-38,40,42-46,48,50-53H2,1-5H3,(H-,57,60,61,62)/b28-26-,32-30-,33-31+,41-39+,49-47+. The minimum absolute atomic E-state index is 0.0125. The van der Waals surface area contributed by atoms with Crippen molar-refractivity contribution < 1.29 is 32.9 Å². The Morgan fingerprint density at radius 3 is 1.34 bits per heavy atom. The van der Waals surface area contributed by atoms with Crippen LogP contribution in [0.25, 0.3) is 0 Å². The summed E-state index contributed by atoms with van der Waals surface area (Å²) in [6.45, 7) is 4.62. The minimum atomic E-state index is -4.61. The van der Waals surface area contributed by atoms with E-state index in [9.17, 15) is 19.4 Å². The van der Waals surface area contributed by atoms with Crippen LogP contribution < -0.4 is 10.2 Å². The molecule has 0 aromatic rings. The number of hydrogen-bond acceptors (Lipinski definition) is 6. The molecule has 2 N–H and O–H groups in total. The van der Waals surface area contributed by atoms with Gasteiger partial charge in [0.15, 0.2) is 0 Å². The van der Waals surface area contributed by atoms with Crippen LogP contribution in [0.4, 0.5) is 0 Å². The Labute approximate surface area is 402 Å². The van der Waals surface area contributed by atoms with Gasteiger partial charge in [-0.05, 0) is 77.0 Å². The smallest absolute Gasteiger partial charge is 0.268 e. The molecule has 0 aliphatic heterocycles. The molecule has 0 heterocycles. The molecule has 3 atom stereocenters. The lowest BCUT2D eigenvalue weighted by molar-refractivity contribution is -0.870. The molecule has 9 heteroatoms. The molecular weight excluding hydrogens is 828 g/mol.